The van der Waals surface area contributed by atoms with Crippen molar-refractivity contribution in [3.63, 3.8) is 0 Å². The van der Waals surface area contributed by atoms with E-state index in [1.54, 1.807) is 43.3 Å². The molecule has 198 valence electrons. The smallest absolute Gasteiger partial charge is 0.273 e. The minimum atomic E-state index is -1.19. The van der Waals surface area contributed by atoms with E-state index < -0.39 is 29.3 Å². The Hall–Kier alpha value is -3.86. The number of ether oxygens (including phenoxy) is 1. The number of anilines is 2. The monoisotopic (exact) mass is 527 g/mol. The maximum Gasteiger partial charge on any atom is 0.273 e. The second-order valence-electron chi connectivity index (χ2n) is 9.60. The van der Waals surface area contributed by atoms with E-state index >= 15 is 0 Å². The number of nitrogens with zero attached hydrogens (tertiary/aromatic N) is 2. The highest BCUT2D eigenvalue weighted by Gasteiger charge is 2.38. The van der Waals surface area contributed by atoms with Crippen LogP contribution in [-0.2, 0) is 4.79 Å². The van der Waals surface area contributed by atoms with Gasteiger partial charge in [-0.25, -0.2) is 0 Å². The molecule has 0 aliphatic rings. The van der Waals surface area contributed by atoms with Crippen LogP contribution in [0.25, 0.3) is 0 Å². The summed E-state index contributed by atoms with van der Waals surface area (Å²) in [5.41, 5.74) is 10.9. The van der Waals surface area contributed by atoms with Crippen LogP contribution >= 0.6 is 11.5 Å². The van der Waals surface area contributed by atoms with Crippen LogP contribution in [0.15, 0.2) is 40.8 Å². The molecule has 0 bridgehead atoms. The van der Waals surface area contributed by atoms with Gasteiger partial charge in [-0.05, 0) is 82.0 Å². The molecule has 3 amide bonds. The van der Waals surface area contributed by atoms with Crippen molar-refractivity contribution >= 4 is 40.6 Å². The van der Waals surface area contributed by atoms with E-state index in [0.717, 1.165) is 24.4 Å². The Kier molecular flexibility index (Phi) is 8.59. The maximum atomic E-state index is 14.0. The first-order valence-corrected chi connectivity index (χ1v) is 12.7. The SMILES string of the molecule is CCCCOc1ccc(N(C(=O)c2snc(C(N)=O)c2N)C(C(=O)NC(C)(C)C)c2ccc(C)o2)cc1. The first kappa shape index (κ1) is 27.7. The predicted octanol–water partition coefficient (Wildman–Crippen LogP) is 4.21. The van der Waals surface area contributed by atoms with Gasteiger partial charge in [0.1, 0.15) is 22.1 Å². The lowest BCUT2D eigenvalue weighted by molar-refractivity contribution is -0.124. The van der Waals surface area contributed by atoms with Gasteiger partial charge in [0.2, 0.25) is 0 Å². The molecule has 0 spiro atoms. The van der Waals surface area contributed by atoms with E-state index in [2.05, 4.69) is 16.6 Å². The summed E-state index contributed by atoms with van der Waals surface area (Å²) in [4.78, 5) is 40.6. The lowest BCUT2D eigenvalue weighted by Gasteiger charge is -2.32. The third kappa shape index (κ3) is 6.67. The number of hydrogen-bond acceptors (Lipinski definition) is 8. The van der Waals surface area contributed by atoms with E-state index in [0.29, 0.717) is 23.8 Å². The number of aryl methyl sites for hydroxylation is 1. The van der Waals surface area contributed by atoms with Crippen LogP contribution in [0.3, 0.4) is 0 Å². The molecule has 1 aromatic carbocycles. The molecule has 10 nitrogen and oxygen atoms in total. The van der Waals surface area contributed by atoms with E-state index in [1.165, 1.54) is 4.90 Å². The lowest BCUT2D eigenvalue weighted by Crippen LogP contribution is -2.49. The summed E-state index contributed by atoms with van der Waals surface area (Å²) in [6.07, 6.45) is 1.91. The molecule has 5 N–H and O–H groups in total. The highest BCUT2D eigenvalue weighted by Crippen LogP contribution is 2.35. The van der Waals surface area contributed by atoms with Gasteiger partial charge in [0, 0.05) is 11.2 Å². The number of nitrogens with two attached hydrogens (primary N) is 2. The van der Waals surface area contributed by atoms with Crippen molar-refractivity contribution < 1.29 is 23.5 Å². The molecule has 1 unspecified atom stereocenters. The fraction of sp³-hybridized carbons (Fsp3) is 0.385. The van der Waals surface area contributed by atoms with Crippen molar-refractivity contribution in [2.45, 2.75) is 59.0 Å². The van der Waals surface area contributed by atoms with E-state index in [-0.39, 0.29) is 22.0 Å². The Bertz CT molecular complexity index is 1260. The fourth-order valence-corrected chi connectivity index (χ4v) is 4.31. The fourth-order valence-electron chi connectivity index (χ4n) is 3.57. The van der Waals surface area contributed by atoms with E-state index in [4.69, 9.17) is 20.6 Å². The number of carbonyl (C=O) groups excluding carboxylic acids is 3. The zero-order chi connectivity index (χ0) is 27.3. The van der Waals surface area contributed by atoms with Gasteiger partial charge in [-0.15, -0.1) is 0 Å². The van der Waals surface area contributed by atoms with E-state index in [1.807, 2.05) is 20.8 Å². The minimum Gasteiger partial charge on any atom is -0.494 e. The summed E-state index contributed by atoms with van der Waals surface area (Å²) >= 11 is 0.741. The zero-order valence-corrected chi connectivity index (χ0v) is 22.5. The van der Waals surface area contributed by atoms with Gasteiger partial charge in [0.05, 0.1) is 12.3 Å². The molecular formula is C26H33N5O5S. The van der Waals surface area contributed by atoms with Gasteiger partial charge in [-0.3, -0.25) is 19.3 Å². The summed E-state index contributed by atoms with van der Waals surface area (Å²) in [6.45, 7) is 9.90. The number of unbranched alkanes of at least 4 members (excludes halogenated alkanes) is 1. The Morgan fingerprint density at radius 2 is 1.84 bits per heavy atom. The van der Waals surface area contributed by atoms with Crippen molar-refractivity contribution in [3.8, 4) is 5.75 Å². The third-order valence-electron chi connectivity index (χ3n) is 5.29. The van der Waals surface area contributed by atoms with Crippen molar-refractivity contribution in [3.05, 3.63) is 58.5 Å². The number of rotatable bonds is 10. The van der Waals surface area contributed by atoms with Gasteiger partial charge < -0.3 is 25.9 Å². The topological polar surface area (TPSA) is 154 Å². The van der Waals surface area contributed by atoms with Gasteiger partial charge in [0.25, 0.3) is 17.7 Å². The van der Waals surface area contributed by atoms with Crippen molar-refractivity contribution in [2.75, 3.05) is 17.2 Å². The molecular weight excluding hydrogens is 494 g/mol. The van der Waals surface area contributed by atoms with E-state index in [9.17, 15) is 14.4 Å². The number of nitrogen functional groups attached to an aromatic ring is 1. The summed E-state index contributed by atoms with van der Waals surface area (Å²) in [6, 6.07) is 8.98. The summed E-state index contributed by atoms with van der Waals surface area (Å²) in [5, 5.41) is 2.93. The Labute approximate surface area is 220 Å². The Morgan fingerprint density at radius 1 is 1.16 bits per heavy atom. The largest absolute Gasteiger partial charge is 0.494 e. The molecule has 2 heterocycles. The molecule has 0 radical (unpaired) electrons. The number of primary amides is 1. The Morgan fingerprint density at radius 3 is 2.35 bits per heavy atom. The van der Waals surface area contributed by atoms with Gasteiger partial charge >= 0.3 is 0 Å². The molecule has 3 aromatic rings. The average Bonchev–Trinajstić information content (AvgIpc) is 3.42. The second-order valence-corrected chi connectivity index (χ2v) is 10.4. The third-order valence-corrected chi connectivity index (χ3v) is 6.14. The van der Waals surface area contributed by atoms with Gasteiger partial charge in [-0.2, -0.15) is 4.37 Å². The number of carbonyl (C=O) groups is 3. The number of amides is 3. The first-order chi connectivity index (χ1) is 17.4. The molecule has 0 fully saturated rings. The number of aromatic nitrogens is 1. The van der Waals surface area contributed by atoms with Crippen LogP contribution in [0.2, 0.25) is 0 Å². The quantitative estimate of drug-likeness (QED) is 0.334. The average molecular weight is 528 g/mol. The van der Waals surface area contributed by atoms with Gasteiger partial charge in [-0.1, -0.05) is 13.3 Å². The molecule has 0 saturated heterocycles. The summed E-state index contributed by atoms with van der Waals surface area (Å²) < 4.78 is 15.6. The number of nitrogens with one attached hydrogen (secondary N) is 1. The predicted molar refractivity (Wildman–Crippen MR) is 143 cm³/mol. The molecule has 0 aliphatic carbocycles. The molecule has 0 aliphatic heterocycles. The van der Waals surface area contributed by atoms with Crippen LogP contribution in [0.4, 0.5) is 11.4 Å². The number of hydrogen-bond donors (Lipinski definition) is 3. The molecule has 11 heteroatoms. The second kappa shape index (κ2) is 11.5. The van der Waals surface area contributed by atoms with Gasteiger partial charge in [0.15, 0.2) is 11.7 Å². The van der Waals surface area contributed by atoms with Crippen LogP contribution < -0.4 is 26.4 Å². The lowest BCUT2D eigenvalue weighted by atomic mass is 10.1. The number of furan rings is 1. The molecule has 1 atom stereocenters. The summed E-state index contributed by atoms with van der Waals surface area (Å²) in [7, 11) is 0. The molecule has 0 saturated carbocycles. The zero-order valence-electron chi connectivity index (χ0n) is 21.7. The maximum absolute atomic E-state index is 14.0. The van der Waals surface area contributed by atoms with Crippen molar-refractivity contribution in [2.24, 2.45) is 5.73 Å². The number of benzene rings is 1. The van der Waals surface area contributed by atoms with Crippen LogP contribution in [-0.4, -0.2) is 34.2 Å². The standard InChI is InChI=1S/C26H33N5O5S/c1-6-7-14-35-17-11-9-16(10-12-17)31(25(34)22-19(27)20(23(28)32)30-37-22)21(18-13-8-15(2)36-18)24(33)29-26(3,4)5/h8-13,21H,6-7,14,27H2,1-5H3,(H2,28,32)(H,29,33). The summed E-state index contributed by atoms with van der Waals surface area (Å²) in [5.74, 6) is -0.487. The van der Waals surface area contributed by atoms with Crippen molar-refractivity contribution in [1.29, 1.82) is 0 Å². The van der Waals surface area contributed by atoms with Crippen molar-refractivity contribution in [1.82, 2.24) is 9.69 Å². The molecule has 37 heavy (non-hydrogen) atoms. The minimum absolute atomic E-state index is 0.0195. The highest BCUT2D eigenvalue weighted by molar-refractivity contribution is 7.09. The Balaban J connectivity index is 2.14. The van der Waals surface area contributed by atoms with Crippen LogP contribution in [0.1, 0.15) is 78.3 Å². The first-order valence-electron chi connectivity index (χ1n) is 11.9. The van der Waals surface area contributed by atoms with Crippen LogP contribution in [0, 0.1) is 6.92 Å². The normalized spacial score (nSPS) is 12.1. The van der Waals surface area contributed by atoms with Crippen LogP contribution in [0.5, 0.6) is 5.75 Å². The molecule has 2 aromatic heterocycles. The highest BCUT2D eigenvalue weighted by atomic mass is 32.1. The molecule has 3 rings (SSSR count).